The van der Waals surface area contributed by atoms with Crippen molar-refractivity contribution in [3.8, 4) is 0 Å². The normalized spacial score (nSPS) is 27.6. The summed E-state index contributed by atoms with van der Waals surface area (Å²) in [7, 11) is 0. The Morgan fingerprint density at radius 2 is 1.92 bits per heavy atom. The van der Waals surface area contributed by atoms with Crippen LogP contribution in [0.4, 0.5) is 0 Å². The van der Waals surface area contributed by atoms with E-state index in [2.05, 4.69) is 19.2 Å². The topological polar surface area (TPSA) is 29.1 Å². The number of hydrogen-bond acceptors (Lipinski definition) is 2. The average Bonchev–Trinajstić information content (AvgIpc) is 2.26. The van der Waals surface area contributed by atoms with Crippen molar-refractivity contribution in [2.75, 3.05) is 6.54 Å². The summed E-state index contributed by atoms with van der Waals surface area (Å²) in [5, 5.41) is 3.30. The van der Waals surface area contributed by atoms with E-state index in [1.807, 2.05) is 20.8 Å². The Hall–Kier alpha value is -0.370. The minimum Gasteiger partial charge on any atom is -0.307 e. The second-order valence-corrected chi connectivity index (χ2v) is 5.92. The zero-order valence-corrected chi connectivity index (χ0v) is 9.40. The van der Waals surface area contributed by atoms with E-state index >= 15 is 0 Å². The zero-order valence-electron chi connectivity index (χ0n) is 9.40. The van der Waals surface area contributed by atoms with Crippen LogP contribution >= 0.6 is 0 Å². The van der Waals surface area contributed by atoms with Gasteiger partial charge in [0.25, 0.3) is 0 Å². The summed E-state index contributed by atoms with van der Waals surface area (Å²) in [6.07, 6.45) is 0.975. The van der Waals surface area contributed by atoms with Gasteiger partial charge in [-0.05, 0) is 11.8 Å². The molecule has 0 aliphatic carbocycles. The van der Waals surface area contributed by atoms with Crippen LogP contribution in [0.15, 0.2) is 0 Å². The molecule has 2 nitrogen and oxygen atoms in total. The van der Waals surface area contributed by atoms with Crippen LogP contribution in [0, 0.1) is 10.8 Å². The fourth-order valence-electron chi connectivity index (χ4n) is 1.80. The number of Topliss-reactive ketones (excluding diaryl/α,β-unsaturated/α-hetero) is 1. The Balaban J connectivity index is 2.62. The molecule has 1 aliphatic heterocycles. The molecule has 1 heterocycles. The highest BCUT2D eigenvalue weighted by atomic mass is 16.1. The van der Waals surface area contributed by atoms with Crippen molar-refractivity contribution >= 4 is 5.78 Å². The molecular weight excluding hydrogens is 162 g/mol. The lowest BCUT2D eigenvalue weighted by Crippen LogP contribution is -2.38. The SMILES string of the molecule is CC1(C)CNC(C(=O)C(C)(C)C)C1. The summed E-state index contributed by atoms with van der Waals surface area (Å²) in [5.74, 6) is 0.345. The van der Waals surface area contributed by atoms with Crippen LogP contribution < -0.4 is 5.32 Å². The maximum atomic E-state index is 11.9. The molecule has 1 saturated heterocycles. The van der Waals surface area contributed by atoms with Crippen molar-refractivity contribution in [1.29, 1.82) is 0 Å². The standard InChI is InChI=1S/C11H21NO/c1-10(2,3)9(13)8-6-11(4,5)7-12-8/h8,12H,6-7H2,1-5H3. The molecule has 0 saturated carbocycles. The molecule has 76 valence electrons. The molecule has 0 spiro atoms. The van der Waals surface area contributed by atoms with E-state index < -0.39 is 0 Å². The van der Waals surface area contributed by atoms with E-state index in [9.17, 15) is 4.79 Å². The second kappa shape index (κ2) is 3.09. The molecule has 1 fully saturated rings. The number of rotatable bonds is 1. The number of carbonyl (C=O) groups is 1. The van der Waals surface area contributed by atoms with E-state index in [1.54, 1.807) is 0 Å². The first-order valence-corrected chi connectivity index (χ1v) is 5.00. The molecule has 2 heteroatoms. The van der Waals surface area contributed by atoms with Gasteiger partial charge >= 0.3 is 0 Å². The first-order valence-electron chi connectivity index (χ1n) is 5.00. The molecule has 13 heavy (non-hydrogen) atoms. The maximum absolute atomic E-state index is 11.9. The summed E-state index contributed by atoms with van der Waals surface area (Å²) in [4.78, 5) is 11.9. The van der Waals surface area contributed by atoms with Crippen LogP contribution in [-0.2, 0) is 4.79 Å². The van der Waals surface area contributed by atoms with Gasteiger partial charge in [-0.15, -0.1) is 0 Å². The van der Waals surface area contributed by atoms with Gasteiger partial charge in [0.05, 0.1) is 6.04 Å². The molecule has 0 aromatic carbocycles. The fourth-order valence-corrected chi connectivity index (χ4v) is 1.80. The van der Waals surface area contributed by atoms with E-state index in [0.717, 1.165) is 13.0 Å². The smallest absolute Gasteiger partial charge is 0.155 e. The van der Waals surface area contributed by atoms with Gasteiger partial charge in [-0.2, -0.15) is 0 Å². The Bertz CT molecular complexity index is 213. The Morgan fingerprint density at radius 1 is 1.38 bits per heavy atom. The molecule has 1 aliphatic rings. The van der Waals surface area contributed by atoms with Gasteiger partial charge in [-0.25, -0.2) is 0 Å². The third kappa shape index (κ3) is 2.53. The number of ketones is 1. The first-order chi connectivity index (χ1) is 5.72. The summed E-state index contributed by atoms with van der Waals surface area (Å²) in [6, 6.07) is 0.0787. The maximum Gasteiger partial charge on any atom is 0.155 e. The predicted molar refractivity (Wildman–Crippen MR) is 54.7 cm³/mol. The lowest BCUT2D eigenvalue weighted by atomic mass is 9.82. The highest BCUT2D eigenvalue weighted by Gasteiger charge is 2.38. The summed E-state index contributed by atoms with van der Waals surface area (Å²) >= 11 is 0. The average molecular weight is 183 g/mol. The molecule has 0 bridgehead atoms. The number of carbonyl (C=O) groups excluding carboxylic acids is 1. The Labute approximate surface area is 81.1 Å². The lowest BCUT2D eigenvalue weighted by molar-refractivity contribution is -0.128. The fraction of sp³-hybridized carbons (Fsp3) is 0.909. The van der Waals surface area contributed by atoms with E-state index in [1.165, 1.54) is 0 Å². The van der Waals surface area contributed by atoms with Crippen LogP contribution in [0.3, 0.4) is 0 Å². The van der Waals surface area contributed by atoms with Crippen molar-refractivity contribution in [3.05, 3.63) is 0 Å². The zero-order chi connectivity index (χ0) is 10.3. The van der Waals surface area contributed by atoms with Crippen molar-refractivity contribution in [2.45, 2.75) is 47.1 Å². The van der Waals surface area contributed by atoms with Gasteiger partial charge in [0.15, 0.2) is 5.78 Å². The third-order valence-electron chi connectivity index (χ3n) is 2.64. The van der Waals surface area contributed by atoms with Crippen molar-refractivity contribution in [1.82, 2.24) is 5.32 Å². The van der Waals surface area contributed by atoms with Crippen LogP contribution in [0.2, 0.25) is 0 Å². The number of nitrogens with one attached hydrogen (secondary N) is 1. The van der Waals surface area contributed by atoms with Gasteiger partial charge in [-0.3, -0.25) is 4.79 Å². The van der Waals surface area contributed by atoms with Crippen LogP contribution in [0.5, 0.6) is 0 Å². The molecule has 0 aromatic rings. The van der Waals surface area contributed by atoms with E-state index in [4.69, 9.17) is 0 Å². The lowest BCUT2D eigenvalue weighted by Gasteiger charge is -2.22. The van der Waals surface area contributed by atoms with Gasteiger partial charge in [0, 0.05) is 12.0 Å². The van der Waals surface area contributed by atoms with Gasteiger partial charge in [0.2, 0.25) is 0 Å². The molecule has 1 atom stereocenters. The highest BCUT2D eigenvalue weighted by molar-refractivity contribution is 5.89. The van der Waals surface area contributed by atoms with E-state index in [0.29, 0.717) is 5.78 Å². The molecular formula is C11H21NO. The van der Waals surface area contributed by atoms with Gasteiger partial charge < -0.3 is 5.32 Å². The number of hydrogen-bond donors (Lipinski definition) is 1. The van der Waals surface area contributed by atoms with E-state index in [-0.39, 0.29) is 16.9 Å². The quantitative estimate of drug-likeness (QED) is 0.673. The van der Waals surface area contributed by atoms with Gasteiger partial charge in [0.1, 0.15) is 0 Å². The van der Waals surface area contributed by atoms with Gasteiger partial charge in [-0.1, -0.05) is 34.6 Å². The van der Waals surface area contributed by atoms with Crippen molar-refractivity contribution in [2.24, 2.45) is 10.8 Å². The highest BCUT2D eigenvalue weighted by Crippen LogP contribution is 2.30. The first kappa shape index (κ1) is 10.7. The molecule has 1 unspecified atom stereocenters. The monoisotopic (exact) mass is 183 g/mol. The largest absolute Gasteiger partial charge is 0.307 e. The second-order valence-electron chi connectivity index (χ2n) is 5.92. The summed E-state index contributed by atoms with van der Waals surface area (Å²) < 4.78 is 0. The molecule has 0 aromatic heterocycles. The minimum atomic E-state index is -0.210. The summed E-state index contributed by atoms with van der Waals surface area (Å²) in [5.41, 5.74) is 0.0731. The minimum absolute atomic E-state index is 0.0787. The molecule has 0 radical (unpaired) electrons. The Morgan fingerprint density at radius 3 is 2.23 bits per heavy atom. The Kier molecular flexibility index (Phi) is 2.54. The predicted octanol–water partition coefficient (Wildman–Crippen LogP) is 1.99. The molecule has 0 amide bonds. The summed E-state index contributed by atoms with van der Waals surface area (Å²) in [6.45, 7) is 11.3. The van der Waals surface area contributed by atoms with Crippen LogP contribution in [-0.4, -0.2) is 18.4 Å². The van der Waals surface area contributed by atoms with Crippen molar-refractivity contribution in [3.63, 3.8) is 0 Å². The third-order valence-corrected chi connectivity index (χ3v) is 2.64. The van der Waals surface area contributed by atoms with Crippen LogP contribution in [0.25, 0.3) is 0 Å². The van der Waals surface area contributed by atoms with Crippen molar-refractivity contribution < 1.29 is 4.79 Å². The molecule has 1 rings (SSSR count). The molecule has 1 N–H and O–H groups in total. The van der Waals surface area contributed by atoms with Crippen LogP contribution in [0.1, 0.15) is 41.0 Å².